The van der Waals surface area contributed by atoms with Gasteiger partial charge in [0.15, 0.2) is 0 Å². The van der Waals surface area contributed by atoms with Gasteiger partial charge in [-0.05, 0) is 44.7 Å². The first-order valence-corrected chi connectivity index (χ1v) is 10.8. The van der Waals surface area contributed by atoms with Crippen LogP contribution in [-0.2, 0) is 15.5 Å². The van der Waals surface area contributed by atoms with Crippen LogP contribution in [0.5, 0.6) is 0 Å². The predicted octanol–water partition coefficient (Wildman–Crippen LogP) is 5.68. The number of hydrogen-bond acceptors (Lipinski definition) is 2. The Balaban J connectivity index is 2.04. The van der Waals surface area contributed by atoms with Gasteiger partial charge in [-0.25, -0.2) is 4.67 Å². The van der Waals surface area contributed by atoms with E-state index in [1.807, 2.05) is 43.3 Å². The molecule has 0 spiro atoms. The summed E-state index contributed by atoms with van der Waals surface area (Å²) >= 11 is 0. The summed E-state index contributed by atoms with van der Waals surface area (Å²) in [7, 11) is -3.00. The van der Waals surface area contributed by atoms with Crippen molar-refractivity contribution in [3.05, 3.63) is 71.8 Å². The van der Waals surface area contributed by atoms with Gasteiger partial charge in [0.1, 0.15) is 0 Å². The molecule has 0 aliphatic carbocycles. The van der Waals surface area contributed by atoms with E-state index in [1.54, 1.807) is 0 Å². The molecule has 25 heavy (non-hydrogen) atoms. The maximum absolute atomic E-state index is 14.2. The molecule has 1 heterocycles. The average molecular weight is 357 g/mol. The largest absolute Gasteiger partial charge is 0.314 e. The molecule has 1 saturated heterocycles. The molecule has 1 aliphatic heterocycles. The average Bonchev–Trinajstić information content (AvgIpc) is 2.61. The molecule has 3 atom stereocenters. The fraction of sp³-hybridized carbons (Fsp3) is 0.429. The molecule has 0 bridgehead atoms. The maximum atomic E-state index is 14.2. The van der Waals surface area contributed by atoms with Crippen LogP contribution in [0.15, 0.2) is 60.7 Å². The SMILES string of the molecule is CC(C)N1CC[C@H](C)O[P@]1(=O)[C@@H](Cc1ccccc1)c1ccccc1. The van der Waals surface area contributed by atoms with Crippen LogP contribution in [0.4, 0.5) is 0 Å². The van der Waals surface area contributed by atoms with Gasteiger partial charge in [0, 0.05) is 12.6 Å². The zero-order valence-electron chi connectivity index (χ0n) is 15.3. The summed E-state index contributed by atoms with van der Waals surface area (Å²) < 4.78 is 22.5. The Hall–Kier alpha value is -1.41. The molecule has 0 unspecified atom stereocenters. The summed E-state index contributed by atoms with van der Waals surface area (Å²) in [5.41, 5.74) is 2.13. The number of hydrogen-bond donors (Lipinski definition) is 0. The fourth-order valence-electron chi connectivity index (χ4n) is 3.59. The van der Waals surface area contributed by atoms with Crippen molar-refractivity contribution in [1.29, 1.82) is 0 Å². The van der Waals surface area contributed by atoms with Crippen LogP contribution in [0.2, 0.25) is 0 Å². The molecular weight excluding hydrogens is 329 g/mol. The molecule has 0 saturated carbocycles. The van der Waals surface area contributed by atoms with Crippen LogP contribution in [0.25, 0.3) is 0 Å². The van der Waals surface area contributed by atoms with E-state index >= 15 is 0 Å². The van der Waals surface area contributed by atoms with Crippen molar-refractivity contribution in [2.75, 3.05) is 6.54 Å². The number of nitrogens with zero attached hydrogens (tertiary/aromatic N) is 1. The molecule has 0 N–H and O–H groups in total. The molecule has 2 aromatic carbocycles. The standard InChI is InChI=1S/C21H28NO2P/c1-17(2)22-15-14-18(3)24-25(22,23)21(20-12-8-5-9-13-20)16-19-10-6-4-7-11-19/h4-13,17-18,21H,14-16H2,1-3H3/t18-,21-,25+/m0/s1. The summed E-state index contributed by atoms with van der Waals surface area (Å²) in [5, 5.41) is 0. The van der Waals surface area contributed by atoms with Crippen molar-refractivity contribution >= 4 is 7.52 Å². The normalized spacial score (nSPS) is 25.8. The summed E-state index contributed by atoms with van der Waals surface area (Å²) in [6.45, 7) is 7.08. The molecule has 1 fully saturated rings. The third-order valence-electron chi connectivity index (χ3n) is 4.90. The van der Waals surface area contributed by atoms with E-state index in [1.165, 1.54) is 5.56 Å². The Morgan fingerprint density at radius 1 is 1.08 bits per heavy atom. The second-order valence-electron chi connectivity index (χ2n) is 7.14. The molecule has 134 valence electrons. The topological polar surface area (TPSA) is 29.5 Å². The monoisotopic (exact) mass is 357 g/mol. The van der Waals surface area contributed by atoms with Crippen LogP contribution in [0.3, 0.4) is 0 Å². The number of rotatable bonds is 5. The molecule has 0 radical (unpaired) electrons. The molecule has 0 aromatic heterocycles. The van der Waals surface area contributed by atoms with E-state index in [4.69, 9.17) is 4.52 Å². The van der Waals surface area contributed by atoms with E-state index in [2.05, 4.69) is 42.8 Å². The Kier molecular flexibility index (Phi) is 5.78. The van der Waals surface area contributed by atoms with Gasteiger partial charge < -0.3 is 4.52 Å². The van der Waals surface area contributed by atoms with E-state index in [9.17, 15) is 4.57 Å². The van der Waals surface area contributed by atoms with Crippen LogP contribution >= 0.6 is 7.52 Å². The Bertz CT molecular complexity index is 717. The van der Waals surface area contributed by atoms with Crippen LogP contribution in [0.1, 0.15) is 44.0 Å². The van der Waals surface area contributed by atoms with Crippen molar-refractivity contribution in [2.24, 2.45) is 0 Å². The van der Waals surface area contributed by atoms with Gasteiger partial charge in [0.2, 0.25) is 0 Å². The Morgan fingerprint density at radius 3 is 2.28 bits per heavy atom. The summed E-state index contributed by atoms with van der Waals surface area (Å²) in [4.78, 5) is 0. The molecule has 1 aliphatic rings. The second kappa shape index (κ2) is 7.86. The minimum absolute atomic E-state index is 0.0304. The van der Waals surface area contributed by atoms with Gasteiger partial charge in [-0.3, -0.25) is 4.57 Å². The molecule has 3 rings (SSSR count). The minimum Gasteiger partial charge on any atom is -0.314 e. The van der Waals surface area contributed by atoms with Gasteiger partial charge in [-0.2, -0.15) is 0 Å². The molecule has 3 nitrogen and oxygen atoms in total. The van der Waals surface area contributed by atoms with Crippen LogP contribution in [-0.4, -0.2) is 23.4 Å². The molecule has 0 amide bonds. The summed E-state index contributed by atoms with van der Waals surface area (Å²) in [6.07, 6.45) is 1.68. The molecule has 2 aromatic rings. The number of benzene rings is 2. The second-order valence-corrected chi connectivity index (χ2v) is 9.62. The smallest absolute Gasteiger partial charge is 0.280 e. The van der Waals surface area contributed by atoms with Crippen LogP contribution < -0.4 is 0 Å². The van der Waals surface area contributed by atoms with E-state index in [-0.39, 0.29) is 17.8 Å². The van der Waals surface area contributed by atoms with Crippen molar-refractivity contribution in [3.8, 4) is 0 Å². The van der Waals surface area contributed by atoms with Gasteiger partial charge in [0.05, 0.1) is 11.8 Å². The van der Waals surface area contributed by atoms with Gasteiger partial charge in [0.25, 0.3) is 7.52 Å². The summed E-state index contributed by atoms with van der Waals surface area (Å²) in [6, 6.07) is 20.7. The minimum atomic E-state index is -3.00. The highest BCUT2D eigenvalue weighted by Crippen LogP contribution is 2.66. The van der Waals surface area contributed by atoms with E-state index in [0.717, 1.165) is 24.9 Å². The van der Waals surface area contributed by atoms with Gasteiger partial charge in [-0.1, -0.05) is 60.7 Å². The van der Waals surface area contributed by atoms with Crippen molar-refractivity contribution in [3.63, 3.8) is 0 Å². The molecular formula is C21H28NO2P. The van der Waals surface area contributed by atoms with Gasteiger partial charge >= 0.3 is 0 Å². The van der Waals surface area contributed by atoms with E-state index in [0.29, 0.717) is 0 Å². The fourth-order valence-corrected chi connectivity index (χ4v) is 6.87. The first-order chi connectivity index (χ1) is 12.0. The molecule has 4 heteroatoms. The van der Waals surface area contributed by atoms with Gasteiger partial charge in [-0.15, -0.1) is 0 Å². The lowest BCUT2D eigenvalue weighted by Crippen LogP contribution is -2.38. The lowest BCUT2D eigenvalue weighted by Gasteiger charge is -2.44. The third-order valence-corrected chi connectivity index (χ3v) is 8.21. The Labute approximate surface area is 151 Å². The highest BCUT2D eigenvalue weighted by molar-refractivity contribution is 7.57. The zero-order valence-corrected chi connectivity index (χ0v) is 16.2. The van der Waals surface area contributed by atoms with Crippen molar-refractivity contribution in [2.45, 2.75) is 51.4 Å². The first-order valence-electron chi connectivity index (χ1n) is 9.15. The highest BCUT2D eigenvalue weighted by atomic mass is 31.2. The van der Waals surface area contributed by atoms with Crippen molar-refractivity contribution in [1.82, 2.24) is 4.67 Å². The lowest BCUT2D eigenvalue weighted by molar-refractivity contribution is 0.122. The van der Waals surface area contributed by atoms with E-state index < -0.39 is 7.52 Å². The van der Waals surface area contributed by atoms with Crippen molar-refractivity contribution < 1.29 is 9.09 Å². The quantitative estimate of drug-likeness (QED) is 0.645. The highest BCUT2D eigenvalue weighted by Gasteiger charge is 2.46. The summed E-state index contributed by atoms with van der Waals surface area (Å²) in [5.74, 6) is 0. The third kappa shape index (κ3) is 4.06. The predicted molar refractivity (Wildman–Crippen MR) is 104 cm³/mol. The van der Waals surface area contributed by atoms with Crippen LogP contribution in [0, 0.1) is 0 Å². The Morgan fingerprint density at radius 2 is 1.68 bits per heavy atom. The lowest BCUT2D eigenvalue weighted by atomic mass is 10.0. The maximum Gasteiger partial charge on any atom is 0.280 e. The zero-order chi connectivity index (χ0) is 17.9. The first kappa shape index (κ1) is 18.4.